The molecule has 3 rings (SSSR count). The fourth-order valence-corrected chi connectivity index (χ4v) is 2.69. The van der Waals surface area contributed by atoms with E-state index >= 15 is 0 Å². The monoisotopic (exact) mass is 422 g/mol. The number of nitrogens with two attached hydrogens (primary N) is 1. The van der Waals surface area contributed by atoms with Crippen molar-refractivity contribution < 1.29 is 32.2 Å². The molecule has 0 unspecified atom stereocenters. The zero-order chi connectivity index (χ0) is 21.9. The van der Waals surface area contributed by atoms with E-state index in [1.807, 2.05) is 0 Å². The van der Waals surface area contributed by atoms with Gasteiger partial charge in [-0.1, -0.05) is 6.07 Å². The van der Waals surface area contributed by atoms with Gasteiger partial charge in [-0.25, -0.2) is 4.52 Å². The van der Waals surface area contributed by atoms with E-state index in [1.165, 1.54) is 27.7 Å². The van der Waals surface area contributed by atoms with Crippen LogP contribution in [-0.4, -0.2) is 46.3 Å². The van der Waals surface area contributed by atoms with Gasteiger partial charge in [-0.15, -0.1) is 13.2 Å². The number of alkyl halides is 3. The Kier molecular flexibility index (Phi) is 5.81. The molecule has 0 fully saturated rings. The fourth-order valence-electron chi connectivity index (χ4n) is 2.69. The third-order valence-electron chi connectivity index (χ3n) is 4.10. The largest absolute Gasteiger partial charge is 0.573 e. The lowest BCUT2D eigenvalue weighted by Crippen LogP contribution is -2.31. The van der Waals surface area contributed by atoms with E-state index in [2.05, 4.69) is 9.84 Å². The second kappa shape index (κ2) is 8.31. The van der Waals surface area contributed by atoms with Gasteiger partial charge in [0.1, 0.15) is 11.5 Å². The summed E-state index contributed by atoms with van der Waals surface area (Å²) in [5.74, 6) is -1.40. The number of halogens is 3. The van der Waals surface area contributed by atoms with Gasteiger partial charge in [-0.05, 0) is 29.8 Å². The Balaban J connectivity index is 1.61. The van der Waals surface area contributed by atoms with E-state index in [0.29, 0.717) is 5.52 Å². The summed E-state index contributed by atoms with van der Waals surface area (Å²) in [7, 11) is 1.55. The molecule has 0 bridgehead atoms. The second-order valence-electron chi connectivity index (χ2n) is 6.35. The van der Waals surface area contributed by atoms with Crippen LogP contribution in [0.2, 0.25) is 0 Å². The zero-order valence-corrected chi connectivity index (χ0v) is 15.7. The normalized spacial score (nSPS) is 11.3. The number of ether oxygens (including phenoxy) is 2. The number of pyridine rings is 1. The number of carbonyl (C=O) groups is 2. The van der Waals surface area contributed by atoms with Crippen molar-refractivity contribution in [3.05, 3.63) is 59.9 Å². The molecule has 2 aromatic heterocycles. The molecular formula is C19H17F3N4O4. The Morgan fingerprint density at radius 2 is 1.93 bits per heavy atom. The Bertz CT molecular complexity index is 1080. The number of fused-ring (bicyclic) bond motifs is 1. The summed E-state index contributed by atoms with van der Waals surface area (Å²) < 4.78 is 47.5. The summed E-state index contributed by atoms with van der Waals surface area (Å²) in [6.45, 7) is -0.174. The number of carbonyl (C=O) groups excluding carboxylic acids is 2. The van der Waals surface area contributed by atoms with Gasteiger partial charge in [0.2, 0.25) is 0 Å². The standard InChI is InChI=1S/C19H17F3N4O4/c1-25(10-12-5-6-26-16(7-12)15(9-24-26)18(23)28)17(27)11-29-13-3-2-4-14(8-13)30-19(20,21)22/h2-9H,10-11H2,1H3,(H2,23,28). The molecule has 30 heavy (non-hydrogen) atoms. The lowest BCUT2D eigenvalue weighted by atomic mass is 10.2. The van der Waals surface area contributed by atoms with E-state index < -0.39 is 23.9 Å². The second-order valence-corrected chi connectivity index (χ2v) is 6.35. The lowest BCUT2D eigenvalue weighted by Gasteiger charge is -2.18. The van der Waals surface area contributed by atoms with Gasteiger partial charge in [0, 0.05) is 25.9 Å². The summed E-state index contributed by atoms with van der Waals surface area (Å²) in [6.07, 6.45) is -1.82. The van der Waals surface area contributed by atoms with Crippen molar-refractivity contribution in [2.75, 3.05) is 13.7 Å². The van der Waals surface area contributed by atoms with Crippen molar-refractivity contribution >= 4 is 17.3 Å². The molecule has 2 heterocycles. The van der Waals surface area contributed by atoms with Crippen LogP contribution in [0.1, 0.15) is 15.9 Å². The Labute approximate surface area is 168 Å². The lowest BCUT2D eigenvalue weighted by molar-refractivity contribution is -0.274. The first kappa shape index (κ1) is 21.0. The highest BCUT2D eigenvalue weighted by Gasteiger charge is 2.31. The van der Waals surface area contributed by atoms with Gasteiger partial charge in [0.05, 0.1) is 17.3 Å². The summed E-state index contributed by atoms with van der Waals surface area (Å²) >= 11 is 0. The number of rotatable bonds is 7. The predicted octanol–water partition coefficient (Wildman–Crippen LogP) is 2.37. The van der Waals surface area contributed by atoms with Crippen LogP contribution in [0.4, 0.5) is 13.2 Å². The highest BCUT2D eigenvalue weighted by atomic mass is 19.4. The van der Waals surface area contributed by atoms with Crippen LogP contribution in [0.25, 0.3) is 5.52 Å². The maximum atomic E-state index is 12.3. The molecule has 0 aliphatic carbocycles. The van der Waals surface area contributed by atoms with Crippen LogP contribution in [0.5, 0.6) is 11.5 Å². The average molecular weight is 422 g/mol. The minimum absolute atomic E-state index is 0.0604. The number of hydrogen-bond donors (Lipinski definition) is 1. The van der Waals surface area contributed by atoms with Crippen molar-refractivity contribution in [3.8, 4) is 11.5 Å². The Morgan fingerprint density at radius 1 is 1.20 bits per heavy atom. The maximum absolute atomic E-state index is 12.3. The highest BCUT2D eigenvalue weighted by Crippen LogP contribution is 2.26. The Morgan fingerprint density at radius 3 is 2.63 bits per heavy atom. The number of aromatic nitrogens is 2. The van der Waals surface area contributed by atoms with Gasteiger partial charge in [-0.3, -0.25) is 9.59 Å². The van der Waals surface area contributed by atoms with Crippen molar-refractivity contribution in [1.82, 2.24) is 14.5 Å². The molecule has 0 aliphatic rings. The van der Waals surface area contributed by atoms with E-state index in [1.54, 1.807) is 25.4 Å². The topological polar surface area (TPSA) is 99.2 Å². The van der Waals surface area contributed by atoms with Gasteiger partial charge >= 0.3 is 6.36 Å². The van der Waals surface area contributed by atoms with Gasteiger partial charge in [0.15, 0.2) is 6.61 Å². The number of hydrogen-bond acceptors (Lipinski definition) is 5. The van der Waals surface area contributed by atoms with Gasteiger partial charge in [-0.2, -0.15) is 5.10 Å². The van der Waals surface area contributed by atoms with Crippen LogP contribution in [0.15, 0.2) is 48.8 Å². The molecule has 0 spiro atoms. The quantitative estimate of drug-likeness (QED) is 0.630. The number of amides is 2. The molecule has 0 saturated heterocycles. The third-order valence-corrected chi connectivity index (χ3v) is 4.10. The number of nitrogens with zero attached hydrogens (tertiary/aromatic N) is 3. The highest BCUT2D eigenvalue weighted by molar-refractivity contribution is 5.99. The van der Waals surface area contributed by atoms with Gasteiger partial charge < -0.3 is 20.1 Å². The summed E-state index contributed by atoms with van der Waals surface area (Å²) in [5.41, 5.74) is 6.81. The number of benzene rings is 1. The van der Waals surface area contributed by atoms with Crippen molar-refractivity contribution in [3.63, 3.8) is 0 Å². The molecule has 158 valence electrons. The van der Waals surface area contributed by atoms with Crippen molar-refractivity contribution in [2.45, 2.75) is 12.9 Å². The van der Waals surface area contributed by atoms with Crippen LogP contribution >= 0.6 is 0 Å². The zero-order valence-electron chi connectivity index (χ0n) is 15.7. The molecule has 8 nitrogen and oxygen atoms in total. The SMILES string of the molecule is CN(Cc1ccn2ncc(C(N)=O)c2c1)C(=O)COc1cccc(OC(F)(F)F)c1. The maximum Gasteiger partial charge on any atom is 0.573 e. The van der Waals surface area contributed by atoms with Crippen LogP contribution in [0, 0.1) is 0 Å². The van der Waals surface area contributed by atoms with Crippen LogP contribution < -0.4 is 15.2 Å². The van der Waals surface area contributed by atoms with E-state index in [4.69, 9.17) is 10.5 Å². The van der Waals surface area contributed by atoms with Crippen molar-refractivity contribution in [2.24, 2.45) is 5.73 Å². The first-order valence-corrected chi connectivity index (χ1v) is 8.61. The predicted molar refractivity (Wildman–Crippen MR) is 98.8 cm³/mol. The van der Waals surface area contributed by atoms with Crippen LogP contribution in [-0.2, 0) is 11.3 Å². The van der Waals surface area contributed by atoms with Crippen molar-refractivity contribution in [1.29, 1.82) is 0 Å². The molecule has 0 atom stereocenters. The van der Waals surface area contributed by atoms with E-state index in [0.717, 1.165) is 17.7 Å². The smallest absolute Gasteiger partial charge is 0.484 e. The van der Waals surface area contributed by atoms with Gasteiger partial charge in [0.25, 0.3) is 11.8 Å². The summed E-state index contributed by atoms with van der Waals surface area (Å²) in [4.78, 5) is 25.2. The number of likely N-dealkylation sites (N-methyl/N-ethyl adjacent to an activating group) is 1. The molecule has 3 aromatic rings. The molecule has 1 aromatic carbocycles. The first-order chi connectivity index (χ1) is 14.1. The van der Waals surface area contributed by atoms with E-state index in [9.17, 15) is 22.8 Å². The molecule has 0 saturated carbocycles. The molecule has 2 N–H and O–H groups in total. The average Bonchev–Trinajstić information content (AvgIpc) is 3.08. The molecule has 0 radical (unpaired) electrons. The molecule has 0 aliphatic heterocycles. The minimum atomic E-state index is -4.82. The van der Waals surface area contributed by atoms with E-state index in [-0.39, 0.29) is 24.5 Å². The third kappa shape index (κ3) is 5.19. The molecular weight excluding hydrogens is 405 g/mol. The Hall–Kier alpha value is -3.76. The first-order valence-electron chi connectivity index (χ1n) is 8.61. The molecule has 11 heteroatoms. The summed E-state index contributed by atoms with van der Waals surface area (Å²) in [5, 5.41) is 4.02. The minimum Gasteiger partial charge on any atom is -0.484 e. The summed E-state index contributed by atoms with van der Waals surface area (Å²) in [6, 6.07) is 8.32. The fraction of sp³-hybridized carbons (Fsp3) is 0.211. The van der Waals surface area contributed by atoms with Crippen LogP contribution in [0.3, 0.4) is 0 Å². The molecule has 2 amide bonds. The number of primary amides is 1.